The average molecular weight is 784 g/mol. The fourth-order valence-electron chi connectivity index (χ4n) is 8.04. The summed E-state index contributed by atoms with van der Waals surface area (Å²) >= 11 is 6.84. The van der Waals surface area contributed by atoms with E-state index in [0.717, 1.165) is 24.8 Å². The van der Waals surface area contributed by atoms with Crippen molar-refractivity contribution < 1.29 is 46.8 Å². The van der Waals surface area contributed by atoms with Gasteiger partial charge in [-0.15, -0.1) is 0 Å². The molecule has 2 amide bonds. The highest BCUT2D eigenvalue weighted by Gasteiger charge is 2.54. The van der Waals surface area contributed by atoms with Crippen LogP contribution in [0.15, 0.2) is 42.6 Å². The van der Waals surface area contributed by atoms with E-state index in [0.29, 0.717) is 38.0 Å². The summed E-state index contributed by atoms with van der Waals surface area (Å²) in [7, 11) is 0. The molecule has 0 radical (unpaired) electrons. The smallest absolute Gasteiger partial charge is 0.410 e. The van der Waals surface area contributed by atoms with E-state index in [4.69, 9.17) is 40.0 Å². The Morgan fingerprint density at radius 3 is 2.58 bits per heavy atom. The Labute approximate surface area is 324 Å². The van der Waals surface area contributed by atoms with Gasteiger partial charge in [0.05, 0.1) is 42.0 Å². The van der Waals surface area contributed by atoms with Crippen molar-refractivity contribution in [2.24, 2.45) is 0 Å². The molecule has 5 heterocycles. The monoisotopic (exact) mass is 783 g/mol. The Morgan fingerprint density at radius 1 is 1.07 bits per heavy atom. The molecule has 3 aromatic rings. The van der Waals surface area contributed by atoms with Gasteiger partial charge in [-0.3, -0.25) is 4.79 Å². The fourth-order valence-corrected chi connectivity index (χ4v) is 8.30. The van der Waals surface area contributed by atoms with Gasteiger partial charge >= 0.3 is 6.09 Å². The highest BCUT2D eigenvalue weighted by atomic mass is 35.5. The second-order valence-electron chi connectivity index (χ2n) is 15.6. The number of hydrogen-bond acceptors (Lipinski definition) is 9. The lowest BCUT2D eigenvalue weighted by atomic mass is 9.79. The third-order valence-electron chi connectivity index (χ3n) is 10.5. The summed E-state index contributed by atoms with van der Waals surface area (Å²) in [5.41, 5.74) is -1.41. The van der Waals surface area contributed by atoms with E-state index >= 15 is 8.78 Å². The zero-order chi connectivity index (χ0) is 38.9. The number of carbonyl (C=O) groups excluding carboxylic acids is 2. The molecule has 4 aliphatic heterocycles. The highest BCUT2D eigenvalue weighted by Crippen LogP contribution is 2.53. The van der Waals surface area contributed by atoms with Crippen molar-refractivity contribution in [1.82, 2.24) is 15.2 Å². The molecule has 4 aliphatic rings. The number of aromatic nitrogens is 1. The first-order valence-corrected chi connectivity index (χ1v) is 19.4. The van der Waals surface area contributed by atoms with Crippen LogP contribution < -0.4 is 14.8 Å². The van der Waals surface area contributed by atoms with Crippen LogP contribution in [0.4, 0.5) is 13.6 Å². The van der Waals surface area contributed by atoms with Crippen LogP contribution in [0.3, 0.4) is 0 Å². The van der Waals surface area contributed by atoms with E-state index in [9.17, 15) is 9.59 Å². The second kappa shape index (κ2) is 16.2. The lowest BCUT2D eigenvalue weighted by Crippen LogP contribution is -2.53. The fraction of sp³-hybridized carbons (Fsp3) is 0.537. The van der Waals surface area contributed by atoms with Crippen LogP contribution in [0.5, 0.6) is 11.6 Å². The van der Waals surface area contributed by atoms with Crippen molar-refractivity contribution in [2.75, 3.05) is 33.0 Å². The molecule has 14 heteroatoms. The summed E-state index contributed by atoms with van der Waals surface area (Å²) in [5.74, 6) is -2.81. The van der Waals surface area contributed by atoms with E-state index in [1.807, 2.05) is 37.3 Å². The molecule has 1 aromatic heterocycles. The molecule has 296 valence electrons. The molecule has 1 N–H and O–H groups in total. The SMILES string of the molecule is C[C@@H]1C[C@@H](NC(=O)c2cnc(OCCO[C@H]3CCCCO3)c(F)c2-c2c(Cl)c(F)cc3c2C[C@](c2ccccc2)([C@@H]2CCCN2C(=O)OC(C)(C)C)O3)CO1. The molecule has 0 saturated carbocycles. The van der Waals surface area contributed by atoms with Crippen LogP contribution in [0, 0.1) is 11.6 Å². The van der Waals surface area contributed by atoms with Crippen LogP contribution in [-0.2, 0) is 31.0 Å². The molecule has 3 fully saturated rings. The summed E-state index contributed by atoms with van der Waals surface area (Å²) in [5, 5.41) is 2.52. The molecule has 7 rings (SSSR count). The number of carbonyl (C=O) groups is 2. The Morgan fingerprint density at radius 2 is 1.87 bits per heavy atom. The summed E-state index contributed by atoms with van der Waals surface area (Å²) in [6, 6.07) is 9.65. The van der Waals surface area contributed by atoms with Gasteiger partial charge < -0.3 is 38.6 Å². The third kappa shape index (κ3) is 8.26. The predicted octanol–water partition coefficient (Wildman–Crippen LogP) is 7.74. The largest absolute Gasteiger partial charge is 0.480 e. The van der Waals surface area contributed by atoms with Crippen LogP contribution in [-0.4, -0.2) is 84.9 Å². The van der Waals surface area contributed by atoms with E-state index in [2.05, 4.69) is 10.3 Å². The van der Waals surface area contributed by atoms with Crippen molar-refractivity contribution in [3.63, 3.8) is 0 Å². The van der Waals surface area contributed by atoms with Crippen LogP contribution >= 0.6 is 11.6 Å². The van der Waals surface area contributed by atoms with Gasteiger partial charge in [0, 0.05) is 48.5 Å². The first kappa shape index (κ1) is 39.2. The minimum absolute atomic E-state index is 0.0610. The van der Waals surface area contributed by atoms with E-state index in [1.165, 1.54) is 12.3 Å². The molecule has 5 atom stereocenters. The van der Waals surface area contributed by atoms with Crippen molar-refractivity contribution in [3.05, 3.63) is 75.9 Å². The summed E-state index contributed by atoms with van der Waals surface area (Å²) in [6.07, 6.45) is 4.81. The van der Waals surface area contributed by atoms with Gasteiger partial charge in [-0.05, 0) is 71.8 Å². The predicted molar refractivity (Wildman–Crippen MR) is 199 cm³/mol. The average Bonchev–Trinajstić information content (AvgIpc) is 3.91. The van der Waals surface area contributed by atoms with Gasteiger partial charge in [-0.2, -0.15) is 0 Å². The molecular weight excluding hydrogens is 736 g/mol. The Balaban J connectivity index is 1.30. The number of fused-ring (bicyclic) bond motifs is 1. The number of ether oxygens (including phenoxy) is 6. The highest BCUT2D eigenvalue weighted by molar-refractivity contribution is 6.34. The van der Waals surface area contributed by atoms with Gasteiger partial charge in [0.25, 0.3) is 11.8 Å². The maximum Gasteiger partial charge on any atom is 0.410 e. The molecular formula is C41H48ClF2N3O8. The minimum atomic E-state index is -1.25. The molecule has 0 bridgehead atoms. The number of amides is 2. The van der Waals surface area contributed by atoms with E-state index in [1.54, 1.807) is 25.7 Å². The molecule has 0 spiro atoms. The number of pyridine rings is 1. The van der Waals surface area contributed by atoms with Crippen LogP contribution in [0.1, 0.15) is 87.7 Å². The first-order chi connectivity index (χ1) is 26.3. The van der Waals surface area contributed by atoms with Crippen molar-refractivity contribution >= 4 is 23.6 Å². The molecule has 55 heavy (non-hydrogen) atoms. The Kier molecular flexibility index (Phi) is 11.6. The summed E-state index contributed by atoms with van der Waals surface area (Å²) < 4.78 is 68.7. The third-order valence-corrected chi connectivity index (χ3v) is 10.8. The van der Waals surface area contributed by atoms with Gasteiger partial charge in [0.15, 0.2) is 17.7 Å². The van der Waals surface area contributed by atoms with E-state index < -0.39 is 51.8 Å². The quantitative estimate of drug-likeness (QED) is 0.206. The summed E-state index contributed by atoms with van der Waals surface area (Å²) in [6.45, 7) is 8.64. The molecule has 0 aliphatic carbocycles. The molecule has 11 nitrogen and oxygen atoms in total. The van der Waals surface area contributed by atoms with Gasteiger partial charge in [0.2, 0.25) is 0 Å². The lowest BCUT2D eigenvalue weighted by molar-refractivity contribution is -0.165. The zero-order valence-electron chi connectivity index (χ0n) is 31.6. The van der Waals surface area contributed by atoms with Crippen molar-refractivity contribution in [1.29, 1.82) is 0 Å². The first-order valence-electron chi connectivity index (χ1n) is 19.1. The lowest BCUT2D eigenvalue weighted by Gasteiger charge is -2.40. The number of benzene rings is 2. The number of halogens is 3. The van der Waals surface area contributed by atoms with E-state index in [-0.39, 0.29) is 67.1 Å². The number of rotatable bonds is 10. The van der Waals surface area contributed by atoms with Gasteiger partial charge in [-0.25, -0.2) is 18.6 Å². The maximum atomic E-state index is 17.1. The Hall–Kier alpha value is -4.04. The second-order valence-corrected chi connectivity index (χ2v) is 16.0. The molecule has 2 aromatic carbocycles. The number of likely N-dealkylation sites (tertiary alicyclic amines) is 1. The number of nitrogens with zero attached hydrogens (tertiary/aromatic N) is 2. The standard InChI is InChI=1S/C41H48ClF2N3O8/c1-24-19-26(23-53-24)46-37(48)28-22-45-38(52-18-17-51-32-14-8-9-16-50-32)36(44)34(28)33-27-21-41(25-11-6-5-7-12-25,54-30(27)20-29(43)35(33)42)31-13-10-15-47(31)39(49)55-40(2,3)4/h5-7,11-12,20,22,24,26,31-32H,8-10,13-19,21,23H2,1-4H3,(H,46,48)/t24-,26-,31+,32+,41+/m1/s1. The number of nitrogens with one attached hydrogen (secondary N) is 1. The van der Waals surface area contributed by atoms with Crippen LogP contribution in [0.2, 0.25) is 5.02 Å². The maximum absolute atomic E-state index is 17.1. The topological polar surface area (TPSA) is 118 Å². The van der Waals surface area contributed by atoms with Crippen LogP contribution in [0.25, 0.3) is 11.1 Å². The molecule has 3 saturated heterocycles. The Bertz CT molecular complexity index is 1890. The van der Waals surface area contributed by atoms with Crippen molar-refractivity contribution in [3.8, 4) is 22.8 Å². The summed E-state index contributed by atoms with van der Waals surface area (Å²) in [4.78, 5) is 33.5. The zero-order valence-corrected chi connectivity index (χ0v) is 32.4. The molecule has 0 unspecified atom stereocenters. The normalized spacial score (nSPS) is 25.0. The van der Waals surface area contributed by atoms with Gasteiger partial charge in [0.1, 0.15) is 23.8 Å². The van der Waals surface area contributed by atoms with Crippen molar-refractivity contribution in [2.45, 2.75) is 108 Å². The minimum Gasteiger partial charge on any atom is -0.480 e. The van der Waals surface area contributed by atoms with Gasteiger partial charge in [-0.1, -0.05) is 41.9 Å². The number of hydrogen-bond donors (Lipinski definition) is 1.